The van der Waals surface area contributed by atoms with Crippen LogP contribution >= 0.6 is 7.82 Å². The number of nitrogens with zero attached hydrogens (tertiary/aromatic N) is 1. The van der Waals surface area contributed by atoms with E-state index in [0.29, 0.717) is 36.1 Å². The fourth-order valence-electron chi connectivity index (χ4n) is 6.17. The number of hydrogen-bond acceptors (Lipinski definition) is 8. The number of ether oxygens (including phenoxy) is 3. The summed E-state index contributed by atoms with van der Waals surface area (Å²) in [5, 5.41) is 0. The Morgan fingerprint density at radius 1 is 0.643 bits per heavy atom. The van der Waals surface area contributed by atoms with Crippen LogP contribution in [-0.2, 0) is 37.4 Å². The predicted molar refractivity (Wildman–Crippen MR) is 228 cm³/mol. The van der Waals surface area contributed by atoms with Gasteiger partial charge in [0.25, 0.3) is 0 Å². The number of carbonyl (C=O) groups is 2. The van der Waals surface area contributed by atoms with Crippen molar-refractivity contribution in [2.45, 2.75) is 193 Å². The number of likely N-dealkylation sites (N-methyl/N-ethyl adjacent to an activating group) is 1. The Bertz CT molecular complexity index is 1120. The SMILES string of the molecule is CCCCC/C=C\CC1OC1C/C=C\C/C=C\CCCC(=O)O[C@H](COC(=O)CCCCCCCCCCCCCCCC)COP(=O)(O)OCC[N+](C)(C)C. The summed E-state index contributed by atoms with van der Waals surface area (Å²) in [6.45, 7) is 4.32. The average Bonchev–Trinajstić information content (AvgIpc) is 3.90. The number of quaternary nitrogens is 1. The van der Waals surface area contributed by atoms with E-state index >= 15 is 0 Å². The highest BCUT2D eigenvalue weighted by Crippen LogP contribution is 2.43. The summed E-state index contributed by atoms with van der Waals surface area (Å²) in [5.41, 5.74) is 0. The van der Waals surface area contributed by atoms with E-state index in [9.17, 15) is 19.0 Å². The second-order valence-corrected chi connectivity index (χ2v) is 17.9. The summed E-state index contributed by atoms with van der Waals surface area (Å²) >= 11 is 0. The molecular weight excluding hydrogens is 729 g/mol. The Morgan fingerprint density at radius 2 is 1.14 bits per heavy atom. The molecule has 0 aliphatic carbocycles. The summed E-state index contributed by atoms with van der Waals surface area (Å²) in [6.07, 6.45) is 39.4. The normalized spacial score (nSPS) is 17.5. The zero-order valence-corrected chi connectivity index (χ0v) is 37.2. The van der Waals surface area contributed by atoms with Gasteiger partial charge in [0.1, 0.15) is 19.8 Å². The molecule has 1 N–H and O–H groups in total. The first-order valence-corrected chi connectivity index (χ1v) is 23.8. The maximum atomic E-state index is 12.7. The van der Waals surface area contributed by atoms with Gasteiger partial charge in [-0.3, -0.25) is 18.6 Å². The van der Waals surface area contributed by atoms with E-state index in [-0.39, 0.29) is 32.0 Å². The topological polar surface area (TPSA) is 121 Å². The number of phosphoric ester groups is 1. The van der Waals surface area contributed by atoms with Gasteiger partial charge in [-0.05, 0) is 51.4 Å². The first-order chi connectivity index (χ1) is 27.0. The highest BCUT2D eigenvalue weighted by atomic mass is 31.2. The van der Waals surface area contributed by atoms with Crippen molar-refractivity contribution in [2.75, 3.05) is 47.5 Å². The summed E-state index contributed by atoms with van der Waals surface area (Å²) in [5.74, 6) is -0.867. The van der Waals surface area contributed by atoms with Crippen LogP contribution in [0.1, 0.15) is 174 Å². The Morgan fingerprint density at radius 3 is 1.75 bits per heavy atom. The summed E-state index contributed by atoms with van der Waals surface area (Å²) in [6, 6.07) is 0. The highest BCUT2D eigenvalue weighted by molar-refractivity contribution is 7.47. The van der Waals surface area contributed by atoms with Crippen LogP contribution in [0.15, 0.2) is 36.5 Å². The molecule has 1 aliphatic rings. The number of phosphoric acid groups is 1. The van der Waals surface area contributed by atoms with Crippen molar-refractivity contribution in [3.8, 4) is 0 Å². The third-order valence-corrected chi connectivity index (χ3v) is 10.8. The van der Waals surface area contributed by atoms with Gasteiger partial charge in [0.2, 0.25) is 0 Å². The molecule has 0 radical (unpaired) electrons. The number of esters is 2. The molecule has 0 aromatic rings. The zero-order chi connectivity index (χ0) is 41.2. The average molecular weight is 813 g/mol. The van der Waals surface area contributed by atoms with Crippen molar-refractivity contribution >= 4 is 19.8 Å². The highest BCUT2D eigenvalue weighted by Gasteiger charge is 2.36. The number of epoxide rings is 1. The van der Waals surface area contributed by atoms with Crippen LogP contribution in [-0.4, -0.2) is 87.1 Å². The minimum atomic E-state index is -4.39. The maximum Gasteiger partial charge on any atom is 0.472 e. The molecule has 0 aromatic heterocycles. The lowest BCUT2D eigenvalue weighted by Crippen LogP contribution is -2.37. The van der Waals surface area contributed by atoms with Crippen molar-refractivity contribution in [3.63, 3.8) is 0 Å². The van der Waals surface area contributed by atoms with Crippen LogP contribution in [0.4, 0.5) is 0 Å². The second-order valence-electron chi connectivity index (χ2n) is 16.5. The molecule has 0 aromatic carbocycles. The van der Waals surface area contributed by atoms with Gasteiger partial charge in [-0.1, -0.05) is 147 Å². The van der Waals surface area contributed by atoms with Crippen LogP contribution < -0.4 is 0 Å². The molecule has 0 spiro atoms. The standard InChI is InChI=1S/C45H82NO9P/c1-6-8-10-12-14-15-16-17-18-19-20-23-27-31-35-44(47)51-39-41(40-53-56(49,50)52-38-37-46(3,4)5)54-45(48)36-32-28-24-21-22-26-30-34-43-42(55-43)33-29-25-13-11-9-7-2/h21,24-26,29-30,41-43H,6-20,22-23,27-28,31-40H2,1-5H3/p+1/b24-21-,29-25-,30-26-/t41-,42?,43?/m1/s1. The largest absolute Gasteiger partial charge is 0.472 e. The lowest BCUT2D eigenvalue weighted by atomic mass is 10.0. The monoisotopic (exact) mass is 813 g/mol. The quantitative estimate of drug-likeness (QED) is 0.0161. The van der Waals surface area contributed by atoms with E-state index in [4.69, 9.17) is 23.3 Å². The Labute approximate surface area is 342 Å². The fraction of sp³-hybridized carbons (Fsp3) is 0.822. The molecular formula is C45H83NO9P+. The van der Waals surface area contributed by atoms with Crippen molar-refractivity contribution in [1.82, 2.24) is 0 Å². The van der Waals surface area contributed by atoms with E-state index in [1.54, 1.807) is 0 Å². The van der Waals surface area contributed by atoms with Crippen LogP contribution in [0.2, 0.25) is 0 Å². The number of carbonyl (C=O) groups excluding carboxylic acids is 2. The molecule has 1 saturated heterocycles. The third-order valence-electron chi connectivity index (χ3n) is 9.83. The number of unbranched alkanes of at least 4 members (excludes halogenated alkanes) is 17. The van der Waals surface area contributed by atoms with Crippen molar-refractivity contribution in [3.05, 3.63) is 36.5 Å². The molecule has 4 atom stereocenters. The van der Waals surface area contributed by atoms with Gasteiger partial charge in [-0.15, -0.1) is 0 Å². The number of rotatable bonds is 39. The maximum absolute atomic E-state index is 12.7. The molecule has 11 heteroatoms. The fourth-order valence-corrected chi connectivity index (χ4v) is 6.91. The molecule has 0 saturated carbocycles. The summed E-state index contributed by atoms with van der Waals surface area (Å²) < 4.78 is 40.0. The van der Waals surface area contributed by atoms with Crippen LogP contribution in [0.25, 0.3) is 0 Å². The molecule has 3 unspecified atom stereocenters. The van der Waals surface area contributed by atoms with Crippen LogP contribution in [0, 0.1) is 0 Å². The summed E-state index contributed by atoms with van der Waals surface area (Å²) in [4.78, 5) is 35.4. The third kappa shape index (κ3) is 34.3. The van der Waals surface area contributed by atoms with E-state index < -0.39 is 26.5 Å². The van der Waals surface area contributed by atoms with Crippen molar-refractivity contribution in [2.24, 2.45) is 0 Å². The molecule has 1 rings (SSSR count). The van der Waals surface area contributed by atoms with Crippen molar-refractivity contribution in [1.29, 1.82) is 0 Å². The van der Waals surface area contributed by atoms with Gasteiger partial charge in [0.05, 0.1) is 40.0 Å². The smallest absolute Gasteiger partial charge is 0.462 e. The van der Waals surface area contributed by atoms with E-state index in [1.165, 1.54) is 89.9 Å². The molecule has 56 heavy (non-hydrogen) atoms. The first kappa shape index (κ1) is 52.2. The molecule has 0 bridgehead atoms. The zero-order valence-electron chi connectivity index (χ0n) is 36.3. The molecule has 1 fully saturated rings. The predicted octanol–water partition coefficient (Wildman–Crippen LogP) is 11.5. The van der Waals surface area contributed by atoms with Gasteiger partial charge >= 0.3 is 19.8 Å². The molecule has 10 nitrogen and oxygen atoms in total. The van der Waals surface area contributed by atoms with Gasteiger partial charge in [-0.25, -0.2) is 4.57 Å². The minimum Gasteiger partial charge on any atom is -0.462 e. The van der Waals surface area contributed by atoms with Gasteiger partial charge in [0.15, 0.2) is 6.10 Å². The van der Waals surface area contributed by atoms with E-state index in [2.05, 4.69) is 44.2 Å². The molecule has 0 amide bonds. The number of hydrogen-bond donors (Lipinski definition) is 1. The molecule has 1 heterocycles. The van der Waals surface area contributed by atoms with E-state index in [0.717, 1.165) is 44.9 Å². The van der Waals surface area contributed by atoms with Gasteiger partial charge in [0, 0.05) is 12.8 Å². The lowest BCUT2D eigenvalue weighted by molar-refractivity contribution is -0.870. The molecule has 1 aliphatic heterocycles. The van der Waals surface area contributed by atoms with Gasteiger partial charge in [-0.2, -0.15) is 0 Å². The Balaban J connectivity index is 2.32. The first-order valence-electron chi connectivity index (χ1n) is 22.3. The lowest BCUT2D eigenvalue weighted by Gasteiger charge is -2.24. The van der Waals surface area contributed by atoms with Crippen LogP contribution in [0.3, 0.4) is 0 Å². The van der Waals surface area contributed by atoms with Crippen LogP contribution in [0.5, 0.6) is 0 Å². The molecule has 326 valence electrons. The summed E-state index contributed by atoms with van der Waals surface area (Å²) in [7, 11) is 1.44. The van der Waals surface area contributed by atoms with Crippen molar-refractivity contribution < 1.29 is 46.8 Å². The Hall–Kier alpha value is -1.81. The number of allylic oxidation sites excluding steroid dienone is 4. The minimum absolute atomic E-state index is 0.0196. The van der Waals surface area contributed by atoms with E-state index in [1.807, 2.05) is 27.2 Å². The van der Waals surface area contributed by atoms with Gasteiger partial charge < -0.3 is 23.6 Å². The second kappa shape index (κ2) is 34.1. The Kier molecular flexibility index (Phi) is 31.8.